The lowest BCUT2D eigenvalue weighted by atomic mass is 10.8. The van der Waals surface area contributed by atoms with E-state index in [0.29, 0.717) is 13.2 Å². The molecule has 0 aliphatic carbocycles. The van der Waals surface area contributed by atoms with Crippen LogP contribution in [0.2, 0.25) is 0 Å². The molecule has 0 unspecified atom stereocenters. The summed E-state index contributed by atoms with van der Waals surface area (Å²) in [5.41, 5.74) is 0. The Hall–Kier alpha value is 0.770. The molecule has 0 rings (SSSR count). The second kappa shape index (κ2) is 4.56. The zero-order valence-electron chi connectivity index (χ0n) is 5.14. The highest BCUT2D eigenvalue weighted by Gasteiger charge is 2.11. The summed E-state index contributed by atoms with van der Waals surface area (Å²) in [7, 11) is 0. The summed E-state index contributed by atoms with van der Waals surface area (Å²) < 4.78 is 15.4. The summed E-state index contributed by atoms with van der Waals surface area (Å²) in [6, 6.07) is 0. The molecule has 0 fully saturated rings. The summed E-state index contributed by atoms with van der Waals surface area (Å²) in [5, 5.41) is 0. The fraction of sp³-hybridized carbons (Fsp3) is 1.00. The summed E-state index contributed by atoms with van der Waals surface area (Å²) in [6.45, 7) is 2.84. The zero-order valence-corrected chi connectivity index (χ0v) is 7.55. The maximum atomic E-state index is 10.5. The molecule has 5 heteroatoms. The van der Waals surface area contributed by atoms with Crippen LogP contribution in [0, 0.1) is 0 Å². The van der Waals surface area contributed by atoms with Crippen LogP contribution in [0.15, 0.2) is 0 Å². The van der Waals surface area contributed by atoms with Crippen LogP contribution in [0.25, 0.3) is 0 Å². The first kappa shape index (κ1) is 9.77. The van der Waals surface area contributed by atoms with Crippen molar-refractivity contribution in [2.75, 3.05) is 19.4 Å². The van der Waals surface area contributed by atoms with Crippen LogP contribution in [-0.4, -0.2) is 19.4 Å². The van der Waals surface area contributed by atoms with Gasteiger partial charge < -0.3 is 4.74 Å². The van der Waals surface area contributed by atoms with Crippen molar-refractivity contribution in [1.82, 2.24) is 0 Å². The highest BCUT2D eigenvalue weighted by molar-refractivity contribution is 8.08. The van der Waals surface area contributed by atoms with E-state index in [9.17, 15) is 4.57 Å². The van der Waals surface area contributed by atoms with E-state index in [2.05, 4.69) is 0 Å². The first-order valence-electron chi connectivity index (χ1n) is 2.62. The molecule has 56 valence electrons. The summed E-state index contributed by atoms with van der Waals surface area (Å²) in [4.78, 5) is 0. The molecule has 9 heavy (non-hydrogen) atoms. The third-order valence-electron chi connectivity index (χ3n) is 0.700. The Morgan fingerprint density at radius 3 is 2.44 bits per heavy atom. The number of halogens is 2. The molecule has 0 amide bonds. The lowest BCUT2D eigenvalue weighted by molar-refractivity contribution is 0.163. The van der Waals surface area contributed by atoms with Crippen LogP contribution in [0.5, 0.6) is 0 Å². The molecule has 0 bridgehead atoms. The van der Waals surface area contributed by atoms with Crippen molar-refractivity contribution in [3.05, 3.63) is 0 Å². The van der Waals surface area contributed by atoms with Gasteiger partial charge in [-0.3, -0.25) is 4.57 Å². The SMILES string of the molecule is CCOCCP(=O)(Cl)Cl. The van der Waals surface area contributed by atoms with Crippen molar-refractivity contribution in [3.8, 4) is 0 Å². The molecule has 0 aliphatic heterocycles. The molecule has 0 saturated heterocycles. The second-order valence-corrected chi connectivity index (χ2v) is 6.87. The molecule has 0 aromatic heterocycles. The van der Waals surface area contributed by atoms with Gasteiger partial charge >= 0.3 is 0 Å². The molecule has 0 heterocycles. The first-order valence-corrected chi connectivity index (χ1v) is 6.32. The number of rotatable bonds is 4. The van der Waals surface area contributed by atoms with E-state index in [1.807, 2.05) is 6.92 Å². The molecule has 0 atom stereocenters. The van der Waals surface area contributed by atoms with Crippen molar-refractivity contribution in [2.45, 2.75) is 6.92 Å². The molecular formula is C4H9Cl2O2P. The Morgan fingerprint density at radius 2 is 2.11 bits per heavy atom. The van der Waals surface area contributed by atoms with Gasteiger partial charge in [0.25, 0.3) is 5.85 Å². The number of hydrogen-bond acceptors (Lipinski definition) is 2. The van der Waals surface area contributed by atoms with Crippen LogP contribution in [0.4, 0.5) is 0 Å². The smallest absolute Gasteiger partial charge is 0.255 e. The average molecular weight is 191 g/mol. The minimum atomic E-state index is -2.88. The summed E-state index contributed by atoms with van der Waals surface area (Å²) in [5.74, 6) is -2.88. The van der Waals surface area contributed by atoms with Gasteiger partial charge in [0.1, 0.15) is 0 Å². The minimum absolute atomic E-state index is 0.240. The van der Waals surface area contributed by atoms with Crippen molar-refractivity contribution < 1.29 is 9.30 Å². The Morgan fingerprint density at radius 1 is 1.56 bits per heavy atom. The van der Waals surface area contributed by atoms with E-state index >= 15 is 0 Å². The van der Waals surface area contributed by atoms with E-state index in [1.54, 1.807) is 0 Å². The van der Waals surface area contributed by atoms with Gasteiger partial charge in [-0.2, -0.15) is 0 Å². The summed E-state index contributed by atoms with van der Waals surface area (Å²) in [6.07, 6.45) is 0.240. The van der Waals surface area contributed by atoms with E-state index in [-0.39, 0.29) is 6.16 Å². The van der Waals surface area contributed by atoms with Gasteiger partial charge in [0.2, 0.25) is 0 Å². The third kappa shape index (κ3) is 8.77. The minimum Gasteiger partial charge on any atom is -0.381 e. The highest BCUT2D eigenvalue weighted by Crippen LogP contribution is 2.55. The monoisotopic (exact) mass is 190 g/mol. The Kier molecular flexibility index (Phi) is 4.96. The van der Waals surface area contributed by atoms with Crippen molar-refractivity contribution in [3.63, 3.8) is 0 Å². The highest BCUT2D eigenvalue weighted by atomic mass is 35.9. The fourth-order valence-electron chi connectivity index (χ4n) is 0.315. The summed E-state index contributed by atoms with van der Waals surface area (Å²) >= 11 is 10.4. The Balaban J connectivity index is 3.18. The van der Waals surface area contributed by atoms with Gasteiger partial charge in [-0.1, -0.05) is 0 Å². The number of ether oxygens (including phenoxy) is 1. The molecule has 0 radical (unpaired) electrons. The van der Waals surface area contributed by atoms with Crippen LogP contribution >= 0.6 is 28.3 Å². The zero-order chi connectivity index (χ0) is 7.33. The average Bonchev–Trinajstić information content (AvgIpc) is 1.63. The molecule has 0 aromatic rings. The topological polar surface area (TPSA) is 26.3 Å². The van der Waals surface area contributed by atoms with Gasteiger partial charge in [0, 0.05) is 6.61 Å². The van der Waals surface area contributed by atoms with Gasteiger partial charge in [0.15, 0.2) is 0 Å². The predicted octanol–water partition coefficient (Wildman–Crippen LogP) is 2.69. The lowest BCUT2D eigenvalue weighted by Gasteiger charge is -2.00. The maximum absolute atomic E-state index is 10.5. The van der Waals surface area contributed by atoms with Crippen molar-refractivity contribution >= 4 is 28.3 Å². The van der Waals surface area contributed by atoms with E-state index in [1.165, 1.54) is 0 Å². The van der Waals surface area contributed by atoms with E-state index in [0.717, 1.165) is 0 Å². The molecule has 0 spiro atoms. The third-order valence-corrected chi connectivity index (χ3v) is 2.42. The molecule has 0 aromatic carbocycles. The molecule has 0 aliphatic rings. The van der Waals surface area contributed by atoms with Crippen LogP contribution in [-0.2, 0) is 9.30 Å². The Labute approximate surface area is 64.4 Å². The quantitative estimate of drug-likeness (QED) is 0.504. The number of hydrogen-bond donors (Lipinski definition) is 0. The molecule has 0 saturated carbocycles. The molecular weight excluding hydrogens is 182 g/mol. The second-order valence-electron chi connectivity index (χ2n) is 1.49. The van der Waals surface area contributed by atoms with Crippen LogP contribution in [0.3, 0.4) is 0 Å². The van der Waals surface area contributed by atoms with Gasteiger partial charge in [0.05, 0.1) is 12.8 Å². The standard InChI is InChI=1S/C4H9Cl2O2P/c1-2-8-3-4-9(5,6)7/h2-4H2,1H3. The molecule has 2 nitrogen and oxygen atoms in total. The van der Waals surface area contributed by atoms with Crippen LogP contribution < -0.4 is 0 Å². The van der Waals surface area contributed by atoms with Gasteiger partial charge in [-0.25, -0.2) is 0 Å². The predicted molar refractivity (Wildman–Crippen MR) is 40.7 cm³/mol. The van der Waals surface area contributed by atoms with Crippen LogP contribution in [0.1, 0.15) is 6.92 Å². The van der Waals surface area contributed by atoms with Crippen molar-refractivity contribution in [2.24, 2.45) is 0 Å². The largest absolute Gasteiger partial charge is 0.381 e. The van der Waals surface area contributed by atoms with E-state index < -0.39 is 5.85 Å². The van der Waals surface area contributed by atoms with Gasteiger partial charge in [-0.05, 0) is 29.4 Å². The van der Waals surface area contributed by atoms with Crippen molar-refractivity contribution in [1.29, 1.82) is 0 Å². The van der Waals surface area contributed by atoms with E-state index in [4.69, 9.17) is 27.2 Å². The maximum Gasteiger partial charge on any atom is 0.255 e. The Bertz CT molecular complexity index is 111. The fourth-order valence-corrected chi connectivity index (χ4v) is 1.07. The normalized spacial score (nSPS) is 11.9. The van der Waals surface area contributed by atoms with Gasteiger partial charge in [-0.15, -0.1) is 0 Å². The molecule has 0 N–H and O–H groups in total. The first-order chi connectivity index (χ1) is 4.06. The lowest BCUT2D eigenvalue weighted by Crippen LogP contribution is -1.95.